The van der Waals surface area contributed by atoms with Crippen molar-refractivity contribution in [3.8, 4) is 5.88 Å². The fourth-order valence-corrected chi connectivity index (χ4v) is 0.746. The van der Waals surface area contributed by atoms with Crippen LogP contribution < -0.4 is 4.74 Å². The molecule has 14 heavy (non-hydrogen) atoms. The fraction of sp³-hybridized carbons (Fsp3) is 0.375. The van der Waals surface area contributed by atoms with Gasteiger partial charge in [-0.3, -0.25) is 0 Å². The topological polar surface area (TPSA) is 42.4 Å². The molecule has 0 atom stereocenters. The van der Waals surface area contributed by atoms with E-state index in [4.69, 9.17) is 5.11 Å². The average Bonchev–Trinajstić information content (AvgIpc) is 2.14. The van der Waals surface area contributed by atoms with Crippen LogP contribution in [0.4, 0.5) is 13.2 Å². The molecule has 0 saturated carbocycles. The number of pyridine rings is 1. The number of ether oxygens (including phenoxy) is 1. The lowest BCUT2D eigenvalue weighted by atomic mass is 10.3. The number of aliphatic hydroxyl groups is 1. The van der Waals surface area contributed by atoms with Crippen molar-refractivity contribution in [2.24, 2.45) is 0 Å². The third-order valence-electron chi connectivity index (χ3n) is 1.36. The molecule has 0 aliphatic heterocycles. The molecule has 0 aliphatic rings. The second-order valence-corrected chi connectivity index (χ2v) is 2.57. The first-order valence-electron chi connectivity index (χ1n) is 3.76. The van der Waals surface area contributed by atoms with Gasteiger partial charge in [-0.25, -0.2) is 4.98 Å². The van der Waals surface area contributed by atoms with Crippen LogP contribution in [-0.2, 0) is 6.61 Å². The zero-order chi connectivity index (χ0) is 10.6. The molecule has 3 nitrogen and oxygen atoms in total. The minimum atomic E-state index is -4.36. The van der Waals surface area contributed by atoms with Gasteiger partial charge in [0.1, 0.15) is 0 Å². The van der Waals surface area contributed by atoms with Gasteiger partial charge in [-0.05, 0) is 11.6 Å². The van der Waals surface area contributed by atoms with Crippen molar-refractivity contribution >= 4 is 0 Å². The molecule has 0 aliphatic carbocycles. The highest BCUT2D eigenvalue weighted by atomic mass is 19.4. The number of alkyl halides is 3. The minimum absolute atomic E-state index is 0.112. The van der Waals surface area contributed by atoms with Gasteiger partial charge in [-0.15, -0.1) is 0 Å². The molecule has 0 radical (unpaired) electrons. The van der Waals surface area contributed by atoms with Crippen LogP contribution >= 0.6 is 0 Å². The number of halogens is 3. The predicted molar refractivity (Wildman–Crippen MR) is 41.7 cm³/mol. The van der Waals surface area contributed by atoms with E-state index in [1.807, 2.05) is 0 Å². The van der Waals surface area contributed by atoms with Gasteiger partial charge >= 0.3 is 6.18 Å². The third kappa shape index (κ3) is 3.61. The molecule has 78 valence electrons. The summed E-state index contributed by atoms with van der Waals surface area (Å²) in [6.07, 6.45) is -3.11. The lowest BCUT2D eigenvalue weighted by Crippen LogP contribution is -2.19. The summed E-state index contributed by atoms with van der Waals surface area (Å²) >= 11 is 0. The molecule has 0 unspecified atom stereocenters. The summed E-state index contributed by atoms with van der Waals surface area (Å²) in [7, 11) is 0. The number of hydrogen-bond acceptors (Lipinski definition) is 3. The Labute approximate surface area is 78.2 Å². The van der Waals surface area contributed by atoms with Gasteiger partial charge in [0, 0.05) is 12.3 Å². The van der Waals surface area contributed by atoms with Crippen LogP contribution in [0.5, 0.6) is 5.88 Å². The second-order valence-electron chi connectivity index (χ2n) is 2.57. The zero-order valence-electron chi connectivity index (χ0n) is 7.08. The summed E-state index contributed by atoms with van der Waals surface area (Å²) in [6, 6.07) is 2.72. The van der Waals surface area contributed by atoms with E-state index in [1.54, 1.807) is 0 Å². The van der Waals surface area contributed by atoms with Crippen molar-refractivity contribution in [3.63, 3.8) is 0 Å². The Morgan fingerprint density at radius 2 is 2.07 bits per heavy atom. The molecule has 6 heteroatoms. The minimum Gasteiger partial charge on any atom is -0.468 e. The first-order chi connectivity index (χ1) is 6.51. The quantitative estimate of drug-likeness (QED) is 0.816. The Bertz CT molecular complexity index is 284. The van der Waals surface area contributed by atoms with E-state index < -0.39 is 12.8 Å². The van der Waals surface area contributed by atoms with Gasteiger partial charge in [0.25, 0.3) is 0 Å². The standard InChI is InChI=1S/C8H8F3NO2/c9-8(10,11)5-14-7-2-1-6(4-13)3-12-7/h1-3,13H,4-5H2. The molecule has 0 spiro atoms. The van der Waals surface area contributed by atoms with Crippen molar-refractivity contribution < 1.29 is 23.0 Å². The third-order valence-corrected chi connectivity index (χ3v) is 1.36. The molecule has 0 fully saturated rings. The van der Waals surface area contributed by atoms with Crippen LogP contribution in [0.3, 0.4) is 0 Å². The number of hydrogen-bond donors (Lipinski definition) is 1. The number of nitrogens with zero attached hydrogens (tertiary/aromatic N) is 1. The Hall–Kier alpha value is -1.30. The fourth-order valence-electron chi connectivity index (χ4n) is 0.746. The average molecular weight is 207 g/mol. The molecule has 0 saturated heterocycles. The van der Waals surface area contributed by atoms with Gasteiger partial charge in [0.2, 0.25) is 5.88 Å². The monoisotopic (exact) mass is 207 g/mol. The van der Waals surface area contributed by atoms with E-state index in [2.05, 4.69) is 9.72 Å². The van der Waals surface area contributed by atoms with Gasteiger partial charge in [0.15, 0.2) is 6.61 Å². The van der Waals surface area contributed by atoms with E-state index >= 15 is 0 Å². The number of aromatic nitrogens is 1. The zero-order valence-corrected chi connectivity index (χ0v) is 7.08. The number of aliphatic hydroxyl groups excluding tert-OH is 1. The van der Waals surface area contributed by atoms with Gasteiger partial charge in [-0.2, -0.15) is 13.2 Å². The van der Waals surface area contributed by atoms with Crippen molar-refractivity contribution in [1.82, 2.24) is 4.98 Å². The highest BCUT2D eigenvalue weighted by molar-refractivity contribution is 5.16. The maximum Gasteiger partial charge on any atom is 0.422 e. The van der Waals surface area contributed by atoms with Crippen molar-refractivity contribution in [2.45, 2.75) is 12.8 Å². The van der Waals surface area contributed by atoms with Crippen LogP contribution in [0.15, 0.2) is 18.3 Å². The molecular weight excluding hydrogens is 199 g/mol. The molecule has 0 bridgehead atoms. The molecule has 1 heterocycles. The molecule has 1 rings (SSSR count). The van der Waals surface area contributed by atoms with Crippen LogP contribution in [-0.4, -0.2) is 22.9 Å². The number of rotatable bonds is 3. The van der Waals surface area contributed by atoms with Gasteiger partial charge in [0.05, 0.1) is 6.61 Å². The van der Waals surface area contributed by atoms with E-state index in [9.17, 15) is 13.2 Å². The van der Waals surface area contributed by atoms with Crippen LogP contribution in [0.1, 0.15) is 5.56 Å². The van der Waals surface area contributed by atoms with Crippen LogP contribution in [0.25, 0.3) is 0 Å². The van der Waals surface area contributed by atoms with E-state index in [1.165, 1.54) is 18.3 Å². The highest BCUT2D eigenvalue weighted by Gasteiger charge is 2.28. The normalized spacial score (nSPS) is 11.4. The smallest absolute Gasteiger partial charge is 0.422 e. The predicted octanol–water partition coefficient (Wildman–Crippen LogP) is 1.52. The SMILES string of the molecule is OCc1ccc(OCC(F)(F)F)nc1. The summed E-state index contributed by atoms with van der Waals surface area (Å²) in [5.74, 6) is -0.112. The van der Waals surface area contributed by atoms with Crippen molar-refractivity contribution in [2.75, 3.05) is 6.61 Å². The van der Waals surface area contributed by atoms with E-state index in [-0.39, 0.29) is 12.5 Å². The van der Waals surface area contributed by atoms with Crippen molar-refractivity contribution in [3.05, 3.63) is 23.9 Å². The maximum atomic E-state index is 11.7. The molecule has 1 aromatic heterocycles. The Morgan fingerprint density at radius 3 is 2.50 bits per heavy atom. The van der Waals surface area contributed by atoms with E-state index in [0.717, 1.165) is 0 Å². The van der Waals surface area contributed by atoms with E-state index in [0.29, 0.717) is 5.56 Å². The summed E-state index contributed by atoms with van der Waals surface area (Å²) < 4.78 is 39.4. The van der Waals surface area contributed by atoms with Crippen LogP contribution in [0.2, 0.25) is 0 Å². The van der Waals surface area contributed by atoms with Gasteiger partial charge < -0.3 is 9.84 Å². The van der Waals surface area contributed by atoms with Gasteiger partial charge in [-0.1, -0.05) is 0 Å². The molecule has 1 aromatic rings. The summed E-state index contributed by atoms with van der Waals surface area (Å²) in [5.41, 5.74) is 0.518. The molecule has 0 amide bonds. The molecule has 1 N–H and O–H groups in total. The summed E-state index contributed by atoms with van der Waals surface area (Å²) in [4.78, 5) is 3.57. The highest BCUT2D eigenvalue weighted by Crippen LogP contribution is 2.16. The van der Waals surface area contributed by atoms with Crippen molar-refractivity contribution in [1.29, 1.82) is 0 Å². The Balaban J connectivity index is 2.52. The molecule has 0 aromatic carbocycles. The maximum absolute atomic E-state index is 11.7. The first kappa shape index (κ1) is 10.8. The summed E-state index contributed by atoms with van der Waals surface area (Å²) in [6.45, 7) is -1.56. The lowest BCUT2D eigenvalue weighted by Gasteiger charge is -2.07. The Kier molecular flexibility index (Phi) is 3.29. The van der Waals surface area contributed by atoms with Crippen LogP contribution in [0, 0.1) is 0 Å². The second kappa shape index (κ2) is 4.28. The summed E-state index contributed by atoms with van der Waals surface area (Å²) in [5, 5.41) is 8.63. The first-order valence-corrected chi connectivity index (χ1v) is 3.76. The Morgan fingerprint density at radius 1 is 1.36 bits per heavy atom. The lowest BCUT2D eigenvalue weighted by molar-refractivity contribution is -0.154. The molecular formula is C8H8F3NO2. The largest absolute Gasteiger partial charge is 0.468 e.